The lowest BCUT2D eigenvalue weighted by molar-refractivity contribution is -0.137. The molecule has 0 spiro atoms. The van der Waals surface area contributed by atoms with Gasteiger partial charge in [0, 0.05) is 0 Å². The van der Waals surface area contributed by atoms with Crippen LogP contribution in [-0.4, -0.2) is 25.9 Å². The lowest BCUT2D eigenvalue weighted by atomic mass is 9.86. The predicted octanol–water partition coefficient (Wildman–Crippen LogP) is 3.28. The molecule has 0 unspecified atom stereocenters. The number of halogens is 5. The fraction of sp³-hybridized carbons (Fsp3) is 0.438. The van der Waals surface area contributed by atoms with Crippen molar-refractivity contribution < 1.29 is 31.5 Å². The van der Waals surface area contributed by atoms with Gasteiger partial charge in [-0.15, -0.1) is 0 Å². The standard InChI is InChI=1S/C16H16F5NO2/c17-10-15(11-18,8-6-14(22)23)7-1-9-24-13-4-2-12(3-5-13)16(19,20)21/h2-5H,1,7,9-11H2,(H2,22,23). The molecule has 0 heterocycles. The average Bonchev–Trinajstić information content (AvgIpc) is 2.54. The largest absolute Gasteiger partial charge is 0.494 e. The van der Waals surface area contributed by atoms with Crippen LogP contribution in [0, 0.1) is 17.3 Å². The summed E-state index contributed by atoms with van der Waals surface area (Å²) in [6, 6.07) is 4.07. The molecule has 0 aliphatic carbocycles. The Morgan fingerprint density at radius 2 is 1.71 bits per heavy atom. The van der Waals surface area contributed by atoms with Crippen molar-refractivity contribution in [3.05, 3.63) is 29.8 Å². The Morgan fingerprint density at radius 1 is 1.12 bits per heavy atom. The Kier molecular flexibility index (Phi) is 7.01. The van der Waals surface area contributed by atoms with E-state index in [9.17, 15) is 26.7 Å². The molecule has 3 nitrogen and oxygen atoms in total. The summed E-state index contributed by atoms with van der Waals surface area (Å²) < 4.78 is 68.5. The van der Waals surface area contributed by atoms with Gasteiger partial charge in [-0.1, -0.05) is 5.92 Å². The number of hydrogen-bond donors (Lipinski definition) is 1. The molecule has 132 valence electrons. The molecule has 0 aliphatic heterocycles. The molecule has 1 aromatic carbocycles. The molecule has 0 aliphatic rings. The van der Waals surface area contributed by atoms with Crippen molar-refractivity contribution in [1.82, 2.24) is 0 Å². The number of carbonyl (C=O) groups excluding carboxylic acids is 1. The summed E-state index contributed by atoms with van der Waals surface area (Å²) in [5.74, 6) is 3.35. The van der Waals surface area contributed by atoms with E-state index < -0.39 is 36.4 Å². The third kappa shape index (κ3) is 6.07. The number of alkyl halides is 5. The normalized spacial score (nSPS) is 11.5. The fourth-order valence-corrected chi connectivity index (χ4v) is 1.83. The number of carbonyl (C=O) groups is 1. The summed E-state index contributed by atoms with van der Waals surface area (Å²) in [7, 11) is 0. The molecule has 0 saturated heterocycles. The second-order valence-electron chi connectivity index (χ2n) is 5.14. The Labute approximate surface area is 136 Å². The highest BCUT2D eigenvalue weighted by Crippen LogP contribution is 2.30. The first-order valence-electron chi connectivity index (χ1n) is 6.97. The Hall–Kier alpha value is -2.30. The molecule has 0 aromatic heterocycles. The summed E-state index contributed by atoms with van der Waals surface area (Å²) in [5, 5.41) is 0. The van der Waals surface area contributed by atoms with Crippen LogP contribution >= 0.6 is 0 Å². The van der Waals surface area contributed by atoms with Crippen molar-refractivity contribution in [2.75, 3.05) is 20.0 Å². The Balaban J connectivity index is 2.55. The highest BCUT2D eigenvalue weighted by atomic mass is 19.4. The molecule has 0 radical (unpaired) electrons. The summed E-state index contributed by atoms with van der Waals surface area (Å²) in [5.41, 5.74) is 2.39. The van der Waals surface area contributed by atoms with Crippen molar-refractivity contribution in [1.29, 1.82) is 0 Å². The first-order valence-corrected chi connectivity index (χ1v) is 6.97. The van der Waals surface area contributed by atoms with E-state index in [-0.39, 0.29) is 25.2 Å². The summed E-state index contributed by atoms with van der Waals surface area (Å²) >= 11 is 0. The molecule has 0 fully saturated rings. The quantitative estimate of drug-likeness (QED) is 0.467. The van der Waals surface area contributed by atoms with E-state index >= 15 is 0 Å². The maximum atomic E-state index is 13.0. The van der Waals surface area contributed by atoms with Gasteiger partial charge in [-0.05, 0) is 43.0 Å². The van der Waals surface area contributed by atoms with Gasteiger partial charge in [-0.25, -0.2) is 8.78 Å². The highest BCUT2D eigenvalue weighted by molar-refractivity contribution is 5.92. The molecule has 0 saturated carbocycles. The minimum atomic E-state index is -4.43. The third-order valence-electron chi connectivity index (χ3n) is 3.21. The Morgan fingerprint density at radius 3 is 2.17 bits per heavy atom. The minimum absolute atomic E-state index is 0.0269. The van der Waals surface area contributed by atoms with Gasteiger partial charge in [0.2, 0.25) is 0 Å². The number of benzene rings is 1. The van der Waals surface area contributed by atoms with Crippen molar-refractivity contribution in [3.8, 4) is 17.6 Å². The molecule has 0 bridgehead atoms. The van der Waals surface area contributed by atoms with Gasteiger partial charge in [0.25, 0.3) is 5.91 Å². The molecule has 1 aromatic rings. The SMILES string of the molecule is NC(=O)C#CC(CF)(CF)CCCOc1ccc(C(F)(F)F)cc1. The van der Waals surface area contributed by atoms with E-state index in [4.69, 9.17) is 10.5 Å². The molecule has 0 atom stereocenters. The number of ether oxygens (including phenoxy) is 1. The molecule has 8 heteroatoms. The topological polar surface area (TPSA) is 52.3 Å². The predicted molar refractivity (Wildman–Crippen MR) is 77.5 cm³/mol. The van der Waals surface area contributed by atoms with E-state index in [1.54, 1.807) is 0 Å². The maximum Gasteiger partial charge on any atom is 0.416 e. The molecular formula is C16H16F5NO2. The van der Waals surface area contributed by atoms with Crippen molar-refractivity contribution >= 4 is 5.91 Å². The monoisotopic (exact) mass is 349 g/mol. The van der Waals surface area contributed by atoms with Crippen LogP contribution in [-0.2, 0) is 11.0 Å². The first-order chi connectivity index (χ1) is 11.2. The van der Waals surface area contributed by atoms with E-state index in [1.807, 2.05) is 5.92 Å². The number of nitrogens with two attached hydrogens (primary N) is 1. The summed E-state index contributed by atoms with van der Waals surface area (Å²) in [6.45, 7) is -2.15. The van der Waals surface area contributed by atoms with Gasteiger partial charge < -0.3 is 10.5 Å². The number of hydrogen-bond acceptors (Lipinski definition) is 2. The molecule has 1 rings (SSSR count). The van der Waals surface area contributed by atoms with Gasteiger partial charge in [-0.2, -0.15) is 13.2 Å². The van der Waals surface area contributed by atoms with Crippen LogP contribution in [0.1, 0.15) is 18.4 Å². The van der Waals surface area contributed by atoms with Crippen LogP contribution in [0.4, 0.5) is 22.0 Å². The van der Waals surface area contributed by atoms with Gasteiger partial charge >= 0.3 is 6.18 Å². The number of primary amides is 1. The van der Waals surface area contributed by atoms with E-state index in [0.29, 0.717) is 0 Å². The Bertz CT molecular complexity index is 598. The van der Waals surface area contributed by atoms with Gasteiger partial charge in [0.1, 0.15) is 19.1 Å². The third-order valence-corrected chi connectivity index (χ3v) is 3.21. The smallest absolute Gasteiger partial charge is 0.416 e. The van der Waals surface area contributed by atoms with Gasteiger partial charge in [0.15, 0.2) is 0 Å². The van der Waals surface area contributed by atoms with Crippen LogP contribution in [0.15, 0.2) is 24.3 Å². The highest BCUT2D eigenvalue weighted by Gasteiger charge is 2.30. The lowest BCUT2D eigenvalue weighted by Crippen LogP contribution is -2.25. The average molecular weight is 349 g/mol. The van der Waals surface area contributed by atoms with Gasteiger partial charge in [-0.3, -0.25) is 4.79 Å². The summed E-state index contributed by atoms with van der Waals surface area (Å²) in [6.07, 6.45) is -4.26. The molecule has 24 heavy (non-hydrogen) atoms. The minimum Gasteiger partial charge on any atom is -0.494 e. The van der Waals surface area contributed by atoms with Crippen molar-refractivity contribution in [3.63, 3.8) is 0 Å². The zero-order chi connectivity index (χ0) is 18.2. The van der Waals surface area contributed by atoms with E-state index in [0.717, 1.165) is 24.3 Å². The fourth-order valence-electron chi connectivity index (χ4n) is 1.83. The van der Waals surface area contributed by atoms with Crippen LogP contribution in [0.3, 0.4) is 0 Å². The second-order valence-corrected chi connectivity index (χ2v) is 5.14. The summed E-state index contributed by atoms with van der Waals surface area (Å²) in [4.78, 5) is 10.6. The zero-order valence-corrected chi connectivity index (χ0v) is 12.6. The van der Waals surface area contributed by atoms with Crippen molar-refractivity contribution in [2.45, 2.75) is 19.0 Å². The van der Waals surface area contributed by atoms with Crippen LogP contribution in [0.2, 0.25) is 0 Å². The maximum absolute atomic E-state index is 13.0. The lowest BCUT2D eigenvalue weighted by Gasteiger charge is -2.21. The van der Waals surface area contributed by atoms with E-state index in [1.165, 1.54) is 0 Å². The molecule has 1 amide bonds. The van der Waals surface area contributed by atoms with Crippen LogP contribution in [0.5, 0.6) is 5.75 Å². The van der Waals surface area contributed by atoms with Crippen LogP contribution < -0.4 is 10.5 Å². The van der Waals surface area contributed by atoms with Crippen LogP contribution in [0.25, 0.3) is 0 Å². The molecular weight excluding hydrogens is 333 g/mol. The number of amides is 1. The van der Waals surface area contributed by atoms with Crippen molar-refractivity contribution in [2.24, 2.45) is 11.1 Å². The second kappa shape index (κ2) is 8.52. The van der Waals surface area contributed by atoms with E-state index in [2.05, 4.69) is 5.92 Å². The molecule has 2 N–H and O–H groups in total. The van der Waals surface area contributed by atoms with Gasteiger partial charge in [0.05, 0.1) is 17.6 Å². The zero-order valence-electron chi connectivity index (χ0n) is 12.6. The first kappa shape index (κ1) is 19.7. The number of rotatable bonds is 7.